The van der Waals surface area contributed by atoms with Gasteiger partial charge in [-0.1, -0.05) is 44.0 Å². The van der Waals surface area contributed by atoms with Crippen molar-refractivity contribution in [2.24, 2.45) is 0 Å². The van der Waals surface area contributed by atoms with Crippen molar-refractivity contribution in [3.8, 4) is 0 Å². The van der Waals surface area contributed by atoms with Crippen molar-refractivity contribution in [2.45, 2.75) is 123 Å². The second kappa shape index (κ2) is 11.8. The van der Waals surface area contributed by atoms with Gasteiger partial charge in [-0.25, -0.2) is 14.6 Å². The summed E-state index contributed by atoms with van der Waals surface area (Å²) in [5, 5.41) is 3.69. The molecule has 2 rings (SSSR count). The van der Waals surface area contributed by atoms with E-state index in [9.17, 15) is 4.79 Å². The lowest BCUT2D eigenvalue weighted by Gasteiger charge is -2.46. The molecule has 188 valence electrons. The minimum absolute atomic E-state index is 0.0606. The molecule has 0 bridgehead atoms. The molecule has 0 aliphatic carbocycles. The van der Waals surface area contributed by atoms with Crippen LogP contribution in [0.3, 0.4) is 0 Å². The number of unbranched alkanes of at least 4 members (excludes halogenated alkanes) is 1. The number of ether oxygens (including phenoxy) is 2. The van der Waals surface area contributed by atoms with Crippen molar-refractivity contribution in [3.63, 3.8) is 0 Å². The van der Waals surface area contributed by atoms with E-state index < -0.39 is 17.7 Å². The summed E-state index contributed by atoms with van der Waals surface area (Å²) in [6, 6.07) is 8.11. The van der Waals surface area contributed by atoms with E-state index >= 15 is 0 Å². The highest BCUT2D eigenvalue weighted by molar-refractivity contribution is 5.75. The molecular weight excluding hydrogens is 418 g/mol. The van der Waals surface area contributed by atoms with E-state index in [1.54, 1.807) is 0 Å². The van der Waals surface area contributed by atoms with Gasteiger partial charge in [-0.3, -0.25) is 0 Å². The molecule has 6 heteroatoms. The first-order chi connectivity index (χ1) is 15.4. The van der Waals surface area contributed by atoms with Gasteiger partial charge < -0.3 is 14.8 Å². The van der Waals surface area contributed by atoms with Gasteiger partial charge in [0.25, 0.3) is 0 Å². The molecule has 1 fully saturated rings. The van der Waals surface area contributed by atoms with Crippen molar-refractivity contribution >= 4 is 5.97 Å². The fraction of sp³-hybridized carbons (Fsp3) is 0.741. The molecule has 1 unspecified atom stereocenters. The predicted molar refractivity (Wildman–Crippen MR) is 131 cm³/mol. The third kappa shape index (κ3) is 9.01. The Morgan fingerprint density at radius 1 is 1.09 bits per heavy atom. The lowest BCUT2D eigenvalue weighted by molar-refractivity contribution is -0.320. The summed E-state index contributed by atoms with van der Waals surface area (Å²) in [6.45, 7) is 17.6. The number of hydrogen-bond donors (Lipinski definition) is 1. The zero-order valence-corrected chi connectivity index (χ0v) is 22.0. The maximum atomic E-state index is 12.7. The van der Waals surface area contributed by atoms with Gasteiger partial charge in [0.15, 0.2) is 6.10 Å². The summed E-state index contributed by atoms with van der Waals surface area (Å²) >= 11 is 0. The standard InChI is InChI=1S/C27H45NO5/c1-9-11-12-23(33-31-10-2)24(29)32-27(7,8)21-15-13-20(14-16-21)19-30-22-17-25(3,4)28-26(5,6)18-22/h13-16,22-23,28H,9-12,17-19H2,1-8H3. The Balaban J connectivity index is 1.96. The van der Waals surface area contributed by atoms with Crippen LogP contribution in [0.5, 0.6) is 0 Å². The van der Waals surface area contributed by atoms with Crippen LogP contribution in [0.25, 0.3) is 0 Å². The summed E-state index contributed by atoms with van der Waals surface area (Å²) in [5.41, 5.74) is 1.38. The van der Waals surface area contributed by atoms with Gasteiger partial charge in [-0.05, 0) is 78.9 Å². The van der Waals surface area contributed by atoms with Crippen LogP contribution in [0.4, 0.5) is 0 Å². The van der Waals surface area contributed by atoms with Crippen molar-refractivity contribution in [1.29, 1.82) is 0 Å². The molecule has 0 radical (unpaired) electrons. The van der Waals surface area contributed by atoms with Crippen LogP contribution in [0.2, 0.25) is 0 Å². The summed E-state index contributed by atoms with van der Waals surface area (Å²) in [4.78, 5) is 23.1. The Morgan fingerprint density at radius 2 is 1.70 bits per heavy atom. The highest BCUT2D eigenvalue weighted by atomic mass is 17.2. The van der Waals surface area contributed by atoms with E-state index in [1.807, 2.05) is 45.0 Å². The maximum Gasteiger partial charge on any atom is 0.339 e. The number of rotatable bonds is 12. The molecule has 0 amide bonds. The monoisotopic (exact) mass is 463 g/mol. The third-order valence-corrected chi connectivity index (χ3v) is 6.03. The normalized spacial score (nSPS) is 19.3. The molecule has 1 atom stereocenters. The Hall–Kier alpha value is -1.47. The van der Waals surface area contributed by atoms with Crippen LogP contribution >= 0.6 is 0 Å². The molecule has 1 aliphatic heterocycles. The van der Waals surface area contributed by atoms with E-state index in [2.05, 4.69) is 39.9 Å². The molecule has 0 saturated carbocycles. The molecule has 1 aliphatic rings. The van der Waals surface area contributed by atoms with Crippen LogP contribution in [0, 0.1) is 0 Å². The summed E-state index contributed by atoms with van der Waals surface area (Å²) in [6.07, 6.45) is 3.90. The number of hydrogen-bond acceptors (Lipinski definition) is 6. The first kappa shape index (κ1) is 27.8. The SMILES string of the molecule is CCCCC(OOCC)C(=O)OC(C)(C)c1ccc(COC2CC(C)(C)NC(C)(C)C2)cc1. The van der Waals surface area contributed by atoms with Crippen LogP contribution in [-0.2, 0) is 36.3 Å². The van der Waals surface area contributed by atoms with Crippen molar-refractivity contribution in [2.75, 3.05) is 6.61 Å². The Labute approximate surface area is 200 Å². The van der Waals surface area contributed by atoms with Crippen LogP contribution in [0.15, 0.2) is 24.3 Å². The third-order valence-electron chi connectivity index (χ3n) is 6.03. The molecule has 0 spiro atoms. The highest BCUT2D eigenvalue weighted by Crippen LogP contribution is 2.31. The highest BCUT2D eigenvalue weighted by Gasteiger charge is 2.38. The molecule has 1 N–H and O–H groups in total. The quantitative estimate of drug-likeness (QED) is 0.239. The van der Waals surface area contributed by atoms with E-state index in [-0.39, 0.29) is 17.2 Å². The smallest absolute Gasteiger partial charge is 0.339 e. The molecule has 1 aromatic rings. The number of esters is 1. The molecule has 1 aromatic carbocycles. The first-order valence-corrected chi connectivity index (χ1v) is 12.4. The van der Waals surface area contributed by atoms with Gasteiger partial charge in [0.2, 0.25) is 0 Å². The predicted octanol–water partition coefficient (Wildman–Crippen LogP) is 5.82. The number of carbonyl (C=O) groups is 1. The second-order valence-corrected chi connectivity index (χ2v) is 11.0. The number of benzene rings is 1. The molecule has 0 aromatic heterocycles. The number of carbonyl (C=O) groups excluding carboxylic acids is 1. The van der Waals surface area contributed by atoms with Gasteiger partial charge in [-0.2, -0.15) is 0 Å². The van der Waals surface area contributed by atoms with E-state index in [4.69, 9.17) is 19.2 Å². The minimum Gasteiger partial charge on any atom is -0.453 e. The Morgan fingerprint density at radius 3 is 2.24 bits per heavy atom. The van der Waals surface area contributed by atoms with E-state index in [0.717, 1.165) is 36.8 Å². The Bertz CT molecular complexity index is 717. The largest absolute Gasteiger partial charge is 0.453 e. The molecular formula is C27H45NO5. The van der Waals surface area contributed by atoms with Gasteiger partial charge in [0, 0.05) is 11.1 Å². The molecule has 1 saturated heterocycles. The van der Waals surface area contributed by atoms with Gasteiger partial charge in [-0.15, -0.1) is 0 Å². The maximum absolute atomic E-state index is 12.7. The minimum atomic E-state index is -0.778. The average molecular weight is 464 g/mol. The topological polar surface area (TPSA) is 66.0 Å². The zero-order valence-electron chi connectivity index (χ0n) is 22.0. The summed E-state index contributed by atoms with van der Waals surface area (Å²) < 4.78 is 12.1. The fourth-order valence-corrected chi connectivity index (χ4v) is 4.68. The second-order valence-electron chi connectivity index (χ2n) is 11.0. The van der Waals surface area contributed by atoms with Crippen molar-refractivity contribution in [3.05, 3.63) is 35.4 Å². The van der Waals surface area contributed by atoms with Gasteiger partial charge in [0.1, 0.15) is 5.60 Å². The Kier molecular flexibility index (Phi) is 9.92. The van der Waals surface area contributed by atoms with Gasteiger partial charge >= 0.3 is 5.97 Å². The number of piperidine rings is 1. The summed E-state index contributed by atoms with van der Waals surface area (Å²) in [7, 11) is 0. The average Bonchev–Trinajstić information content (AvgIpc) is 2.70. The molecule has 6 nitrogen and oxygen atoms in total. The summed E-state index contributed by atoms with van der Waals surface area (Å²) in [5.74, 6) is -0.398. The van der Waals surface area contributed by atoms with Crippen molar-refractivity contribution in [1.82, 2.24) is 5.32 Å². The van der Waals surface area contributed by atoms with Crippen LogP contribution < -0.4 is 5.32 Å². The zero-order chi connectivity index (χ0) is 24.7. The fourth-order valence-electron chi connectivity index (χ4n) is 4.68. The first-order valence-electron chi connectivity index (χ1n) is 12.4. The van der Waals surface area contributed by atoms with E-state index in [0.29, 0.717) is 19.6 Å². The molecule has 33 heavy (non-hydrogen) atoms. The number of nitrogens with one attached hydrogen (secondary N) is 1. The lowest BCUT2D eigenvalue weighted by atomic mass is 9.81. The van der Waals surface area contributed by atoms with E-state index in [1.165, 1.54) is 0 Å². The van der Waals surface area contributed by atoms with Gasteiger partial charge in [0.05, 0.1) is 19.3 Å². The van der Waals surface area contributed by atoms with Crippen LogP contribution in [0.1, 0.15) is 98.6 Å². The van der Waals surface area contributed by atoms with Crippen LogP contribution in [-0.4, -0.2) is 35.9 Å². The van der Waals surface area contributed by atoms with Crippen molar-refractivity contribution < 1.29 is 24.0 Å². The molecule has 1 heterocycles. The lowest BCUT2D eigenvalue weighted by Crippen LogP contribution is -2.59.